The van der Waals surface area contributed by atoms with Gasteiger partial charge in [-0.3, -0.25) is 0 Å². The Morgan fingerprint density at radius 1 is 1.40 bits per heavy atom. The average molecular weight is 210 g/mol. The van der Waals surface area contributed by atoms with Crippen LogP contribution in [0.4, 0.5) is 0 Å². The van der Waals surface area contributed by atoms with Gasteiger partial charge in [0.1, 0.15) is 0 Å². The number of aliphatic hydroxyl groups is 1. The molecule has 84 valence electrons. The average Bonchev–Trinajstić information content (AvgIpc) is 2.66. The van der Waals surface area contributed by atoms with Gasteiger partial charge in [-0.25, -0.2) is 0 Å². The van der Waals surface area contributed by atoms with E-state index in [4.69, 9.17) is 0 Å². The highest BCUT2D eigenvalue weighted by Gasteiger charge is 2.39. The molecule has 1 aliphatic rings. The van der Waals surface area contributed by atoms with Gasteiger partial charge in [0.2, 0.25) is 0 Å². The van der Waals surface area contributed by atoms with Gasteiger partial charge in [-0.1, -0.05) is 0 Å². The number of rotatable bonds is 3. The summed E-state index contributed by atoms with van der Waals surface area (Å²) in [5, 5.41) is 22.0. The van der Waals surface area contributed by atoms with E-state index in [1.165, 1.54) is 0 Å². The topological polar surface area (TPSA) is 63.8 Å². The number of nitrogens with zero attached hydrogens (tertiary/aromatic N) is 4. The Kier molecular flexibility index (Phi) is 2.30. The summed E-state index contributed by atoms with van der Waals surface area (Å²) in [7, 11) is 0. The van der Waals surface area contributed by atoms with Crippen molar-refractivity contribution in [1.82, 2.24) is 20.2 Å². The van der Waals surface area contributed by atoms with Crippen molar-refractivity contribution < 1.29 is 5.11 Å². The van der Waals surface area contributed by atoms with Gasteiger partial charge >= 0.3 is 0 Å². The molecule has 1 aromatic rings. The van der Waals surface area contributed by atoms with Crippen molar-refractivity contribution in [2.45, 2.75) is 57.6 Å². The third kappa shape index (κ3) is 2.53. The Hall–Kier alpha value is -0.970. The molecular formula is C10H18N4O. The van der Waals surface area contributed by atoms with Crippen LogP contribution < -0.4 is 0 Å². The Morgan fingerprint density at radius 3 is 2.53 bits per heavy atom. The Morgan fingerprint density at radius 2 is 2.07 bits per heavy atom. The highest BCUT2D eigenvalue weighted by Crippen LogP contribution is 2.38. The Labute approximate surface area is 89.5 Å². The molecule has 0 amide bonds. The third-order valence-corrected chi connectivity index (χ3v) is 2.70. The van der Waals surface area contributed by atoms with Crippen LogP contribution in [0.25, 0.3) is 0 Å². The fraction of sp³-hybridized carbons (Fsp3) is 0.900. The molecule has 0 spiro atoms. The monoisotopic (exact) mass is 210 g/mol. The molecule has 0 atom stereocenters. The fourth-order valence-corrected chi connectivity index (χ4v) is 1.37. The van der Waals surface area contributed by atoms with Crippen LogP contribution in [-0.4, -0.2) is 30.9 Å². The first kappa shape index (κ1) is 10.5. The van der Waals surface area contributed by atoms with Crippen molar-refractivity contribution >= 4 is 0 Å². The zero-order chi connectivity index (χ0) is 11.1. The minimum absolute atomic E-state index is 0.123. The van der Waals surface area contributed by atoms with Crippen molar-refractivity contribution in [3.05, 3.63) is 5.82 Å². The van der Waals surface area contributed by atoms with E-state index in [2.05, 4.69) is 15.4 Å². The van der Waals surface area contributed by atoms with Gasteiger partial charge in [0.15, 0.2) is 5.82 Å². The summed E-state index contributed by atoms with van der Waals surface area (Å²) in [6.45, 7) is 6.10. The Bertz CT molecular complexity index is 349. The molecule has 0 bridgehead atoms. The maximum Gasteiger partial charge on any atom is 0.174 e. The summed E-state index contributed by atoms with van der Waals surface area (Å²) in [5.41, 5.74) is -0.547. The van der Waals surface area contributed by atoms with Gasteiger partial charge in [0.05, 0.1) is 11.1 Å². The molecule has 1 N–H and O–H groups in total. The van der Waals surface area contributed by atoms with Gasteiger partial charge in [-0.05, 0) is 45.2 Å². The smallest absolute Gasteiger partial charge is 0.174 e. The minimum Gasteiger partial charge on any atom is -0.390 e. The van der Waals surface area contributed by atoms with Gasteiger partial charge < -0.3 is 5.11 Å². The molecule has 1 fully saturated rings. The van der Waals surface area contributed by atoms with Crippen molar-refractivity contribution in [3.8, 4) is 0 Å². The lowest BCUT2D eigenvalue weighted by atomic mass is 10.1. The standard InChI is InChI=1S/C10H18N4O/c1-9(2,3)14-12-8(11-13-14)4-5-10(15)6-7-10/h15H,4-7H2,1-3H3. The lowest BCUT2D eigenvalue weighted by Gasteiger charge is -2.15. The second kappa shape index (κ2) is 3.27. The molecule has 0 saturated heterocycles. The van der Waals surface area contributed by atoms with Gasteiger partial charge in [-0.2, -0.15) is 4.80 Å². The van der Waals surface area contributed by atoms with E-state index in [-0.39, 0.29) is 5.54 Å². The summed E-state index contributed by atoms with van der Waals surface area (Å²) in [4.78, 5) is 1.62. The molecule has 0 radical (unpaired) electrons. The van der Waals surface area contributed by atoms with E-state index >= 15 is 0 Å². The normalized spacial score (nSPS) is 19.2. The number of hydrogen-bond donors (Lipinski definition) is 1. The van der Waals surface area contributed by atoms with Crippen LogP contribution in [0.5, 0.6) is 0 Å². The Balaban J connectivity index is 1.95. The lowest BCUT2D eigenvalue weighted by Crippen LogP contribution is -2.24. The predicted molar refractivity (Wildman–Crippen MR) is 55.3 cm³/mol. The maximum atomic E-state index is 9.67. The van der Waals surface area contributed by atoms with E-state index in [1.807, 2.05) is 20.8 Å². The van der Waals surface area contributed by atoms with E-state index in [9.17, 15) is 5.11 Å². The zero-order valence-electron chi connectivity index (χ0n) is 9.56. The van der Waals surface area contributed by atoms with Crippen LogP contribution in [0.1, 0.15) is 45.9 Å². The first-order valence-corrected chi connectivity index (χ1v) is 5.41. The molecule has 1 saturated carbocycles. The number of hydrogen-bond acceptors (Lipinski definition) is 4. The van der Waals surface area contributed by atoms with Crippen molar-refractivity contribution in [3.63, 3.8) is 0 Å². The van der Waals surface area contributed by atoms with Gasteiger partial charge in [0, 0.05) is 6.42 Å². The van der Waals surface area contributed by atoms with Crippen LogP contribution in [-0.2, 0) is 12.0 Å². The summed E-state index contributed by atoms with van der Waals surface area (Å²) < 4.78 is 0. The maximum absolute atomic E-state index is 9.67. The molecule has 5 heteroatoms. The van der Waals surface area contributed by atoms with E-state index < -0.39 is 5.60 Å². The predicted octanol–water partition coefficient (Wildman–Crippen LogP) is 0.886. The number of tetrazole rings is 1. The minimum atomic E-state index is -0.423. The molecule has 1 heterocycles. The number of aromatic nitrogens is 4. The largest absolute Gasteiger partial charge is 0.390 e. The molecule has 2 rings (SSSR count). The van der Waals surface area contributed by atoms with Crippen LogP contribution in [0, 0.1) is 0 Å². The molecule has 0 aromatic carbocycles. The number of aryl methyl sites for hydroxylation is 1. The first-order valence-electron chi connectivity index (χ1n) is 5.41. The summed E-state index contributed by atoms with van der Waals surface area (Å²) >= 11 is 0. The zero-order valence-corrected chi connectivity index (χ0v) is 9.56. The molecule has 0 aliphatic heterocycles. The second-order valence-corrected chi connectivity index (χ2v) is 5.39. The van der Waals surface area contributed by atoms with E-state index in [1.54, 1.807) is 4.80 Å². The van der Waals surface area contributed by atoms with Crippen molar-refractivity contribution in [2.24, 2.45) is 0 Å². The SMILES string of the molecule is CC(C)(C)n1nnc(CCC2(O)CC2)n1. The third-order valence-electron chi connectivity index (χ3n) is 2.70. The molecule has 1 aliphatic carbocycles. The highest BCUT2D eigenvalue weighted by molar-refractivity contribution is 4.96. The second-order valence-electron chi connectivity index (χ2n) is 5.39. The molecule has 0 unspecified atom stereocenters. The van der Waals surface area contributed by atoms with E-state index in [0.29, 0.717) is 6.42 Å². The van der Waals surface area contributed by atoms with Crippen LogP contribution in [0.2, 0.25) is 0 Å². The van der Waals surface area contributed by atoms with Crippen molar-refractivity contribution in [2.75, 3.05) is 0 Å². The quantitative estimate of drug-likeness (QED) is 0.804. The molecule has 1 aromatic heterocycles. The van der Waals surface area contributed by atoms with Crippen molar-refractivity contribution in [1.29, 1.82) is 0 Å². The highest BCUT2D eigenvalue weighted by atomic mass is 16.3. The van der Waals surface area contributed by atoms with Gasteiger partial charge in [0.25, 0.3) is 0 Å². The lowest BCUT2D eigenvalue weighted by molar-refractivity contribution is 0.139. The first-order chi connectivity index (χ1) is 6.89. The molecule has 5 nitrogen and oxygen atoms in total. The molecular weight excluding hydrogens is 192 g/mol. The molecule has 15 heavy (non-hydrogen) atoms. The van der Waals surface area contributed by atoms with Crippen LogP contribution in [0.15, 0.2) is 0 Å². The summed E-state index contributed by atoms with van der Waals surface area (Å²) in [6, 6.07) is 0. The van der Waals surface area contributed by atoms with E-state index in [0.717, 1.165) is 25.1 Å². The summed E-state index contributed by atoms with van der Waals surface area (Å²) in [6.07, 6.45) is 3.30. The summed E-state index contributed by atoms with van der Waals surface area (Å²) in [5.74, 6) is 0.727. The fourth-order valence-electron chi connectivity index (χ4n) is 1.37. The van der Waals surface area contributed by atoms with Crippen LogP contribution in [0.3, 0.4) is 0 Å². The van der Waals surface area contributed by atoms with Gasteiger partial charge in [-0.15, -0.1) is 10.2 Å². The van der Waals surface area contributed by atoms with Crippen LogP contribution >= 0.6 is 0 Å².